The Labute approximate surface area is 88.2 Å². The molecule has 0 fully saturated rings. The van der Waals surface area contributed by atoms with Gasteiger partial charge in [0.25, 0.3) is 0 Å². The molecule has 1 unspecified atom stereocenters. The molecule has 0 aromatic heterocycles. The van der Waals surface area contributed by atoms with E-state index in [1.165, 1.54) is 12.8 Å². The standard InChI is InChI=1S/C12H24N2/c1-10(2)13-8-11(3)14-9-12-6-4-5-7-12/h4-5,10-14H,6-9H2,1-3H3. The molecule has 0 aromatic carbocycles. The zero-order valence-electron chi connectivity index (χ0n) is 9.72. The molecule has 0 saturated heterocycles. The Bertz CT molecular complexity index is 167. The first-order valence-corrected chi connectivity index (χ1v) is 5.80. The van der Waals surface area contributed by atoms with Crippen LogP contribution in [-0.4, -0.2) is 25.2 Å². The van der Waals surface area contributed by atoms with Gasteiger partial charge in [-0.25, -0.2) is 0 Å². The lowest BCUT2D eigenvalue weighted by Crippen LogP contribution is -2.40. The normalized spacial score (nSPS) is 19.4. The first kappa shape index (κ1) is 11.7. The van der Waals surface area contributed by atoms with Crippen molar-refractivity contribution in [1.29, 1.82) is 0 Å². The Hall–Kier alpha value is -0.340. The van der Waals surface area contributed by atoms with Crippen LogP contribution in [0.25, 0.3) is 0 Å². The van der Waals surface area contributed by atoms with Gasteiger partial charge in [-0.3, -0.25) is 0 Å². The third-order valence-corrected chi connectivity index (χ3v) is 2.69. The fourth-order valence-electron chi connectivity index (χ4n) is 1.69. The molecule has 1 aliphatic carbocycles. The van der Waals surface area contributed by atoms with Crippen LogP contribution in [0.5, 0.6) is 0 Å². The molecule has 82 valence electrons. The van der Waals surface area contributed by atoms with Crippen molar-refractivity contribution in [3.05, 3.63) is 12.2 Å². The maximum Gasteiger partial charge on any atom is 0.0164 e. The third kappa shape index (κ3) is 4.77. The number of nitrogens with one attached hydrogen (secondary N) is 2. The van der Waals surface area contributed by atoms with Crippen LogP contribution in [0.15, 0.2) is 12.2 Å². The second-order valence-corrected chi connectivity index (χ2v) is 4.68. The lowest BCUT2D eigenvalue weighted by atomic mass is 10.1. The highest BCUT2D eigenvalue weighted by molar-refractivity contribution is 4.94. The maximum atomic E-state index is 3.58. The smallest absolute Gasteiger partial charge is 0.0164 e. The summed E-state index contributed by atoms with van der Waals surface area (Å²) in [5.41, 5.74) is 0. The minimum atomic E-state index is 0.581. The highest BCUT2D eigenvalue weighted by Crippen LogP contribution is 2.16. The summed E-state index contributed by atoms with van der Waals surface area (Å²) < 4.78 is 0. The van der Waals surface area contributed by atoms with E-state index in [9.17, 15) is 0 Å². The van der Waals surface area contributed by atoms with Gasteiger partial charge in [-0.1, -0.05) is 26.0 Å². The van der Waals surface area contributed by atoms with E-state index in [0.717, 1.165) is 19.0 Å². The predicted octanol–water partition coefficient (Wildman–Crippen LogP) is 1.93. The predicted molar refractivity (Wildman–Crippen MR) is 62.5 cm³/mol. The Morgan fingerprint density at radius 1 is 1.14 bits per heavy atom. The monoisotopic (exact) mass is 196 g/mol. The highest BCUT2D eigenvalue weighted by atomic mass is 15.0. The fraction of sp³-hybridized carbons (Fsp3) is 0.833. The minimum absolute atomic E-state index is 0.581. The van der Waals surface area contributed by atoms with Gasteiger partial charge in [-0.05, 0) is 32.2 Å². The minimum Gasteiger partial charge on any atom is -0.313 e. The average Bonchev–Trinajstić information content (AvgIpc) is 2.63. The van der Waals surface area contributed by atoms with Crippen LogP contribution in [0.4, 0.5) is 0 Å². The first-order valence-electron chi connectivity index (χ1n) is 5.80. The Balaban J connectivity index is 1.99. The van der Waals surface area contributed by atoms with Gasteiger partial charge in [0.2, 0.25) is 0 Å². The number of hydrogen-bond acceptors (Lipinski definition) is 2. The molecule has 0 heterocycles. The molecule has 1 rings (SSSR count). The molecule has 14 heavy (non-hydrogen) atoms. The van der Waals surface area contributed by atoms with Crippen molar-refractivity contribution in [2.24, 2.45) is 5.92 Å². The van der Waals surface area contributed by atoms with Crippen LogP contribution in [0.2, 0.25) is 0 Å². The van der Waals surface area contributed by atoms with Gasteiger partial charge in [-0.2, -0.15) is 0 Å². The van der Waals surface area contributed by atoms with Crippen molar-refractivity contribution in [2.75, 3.05) is 13.1 Å². The first-order chi connectivity index (χ1) is 6.68. The van der Waals surface area contributed by atoms with Crippen LogP contribution < -0.4 is 10.6 Å². The summed E-state index contributed by atoms with van der Waals surface area (Å²) in [4.78, 5) is 0. The Morgan fingerprint density at radius 3 is 2.36 bits per heavy atom. The molecule has 0 radical (unpaired) electrons. The number of hydrogen-bond donors (Lipinski definition) is 2. The lowest BCUT2D eigenvalue weighted by molar-refractivity contribution is 0.426. The van der Waals surface area contributed by atoms with Gasteiger partial charge < -0.3 is 10.6 Å². The van der Waals surface area contributed by atoms with Gasteiger partial charge in [0.15, 0.2) is 0 Å². The largest absolute Gasteiger partial charge is 0.313 e. The summed E-state index contributed by atoms with van der Waals surface area (Å²) in [6, 6.07) is 1.17. The van der Waals surface area contributed by atoms with Crippen molar-refractivity contribution >= 4 is 0 Å². The van der Waals surface area contributed by atoms with Crippen molar-refractivity contribution in [2.45, 2.75) is 45.7 Å². The van der Waals surface area contributed by atoms with Crippen LogP contribution in [0, 0.1) is 5.92 Å². The zero-order valence-corrected chi connectivity index (χ0v) is 9.72. The van der Waals surface area contributed by atoms with Crippen molar-refractivity contribution in [1.82, 2.24) is 10.6 Å². The molecule has 0 spiro atoms. The molecule has 2 heteroatoms. The molecule has 0 amide bonds. The van der Waals surface area contributed by atoms with E-state index in [-0.39, 0.29) is 0 Å². The molecule has 2 N–H and O–H groups in total. The summed E-state index contributed by atoms with van der Waals surface area (Å²) in [5.74, 6) is 0.844. The van der Waals surface area contributed by atoms with E-state index in [0.29, 0.717) is 12.1 Å². The van der Waals surface area contributed by atoms with Gasteiger partial charge in [0, 0.05) is 18.6 Å². The molecule has 2 nitrogen and oxygen atoms in total. The van der Waals surface area contributed by atoms with Crippen molar-refractivity contribution in [3.8, 4) is 0 Å². The average molecular weight is 196 g/mol. The summed E-state index contributed by atoms with van der Waals surface area (Å²) >= 11 is 0. The van der Waals surface area contributed by atoms with Gasteiger partial charge in [0.1, 0.15) is 0 Å². The molecular weight excluding hydrogens is 172 g/mol. The summed E-state index contributed by atoms with van der Waals surface area (Å²) in [6.45, 7) is 8.85. The quantitative estimate of drug-likeness (QED) is 0.634. The molecule has 0 saturated carbocycles. The topological polar surface area (TPSA) is 24.1 Å². The van der Waals surface area contributed by atoms with Crippen LogP contribution >= 0.6 is 0 Å². The van der Waals surface area contributed by atoms with Crippen molar-refractivity contribution < 1.29 is 0 Å². The van der Waals surface area contributed by atoms with Crippen LogP contribution in [0.1, 0.15) is 33.6 Å². The Morgan fingerprint density at radius 2 is 1.79 bits per heavy atom. The van der Waals surface area contributed by atoms with E-state index in [4.69, 9.17) is 0 Å². The van der Waals surface area contributed by atoms with Gasteiger partial charge in [0.05, 0.1) is 0 Å². The van der Waals surface area contributed by atoms with Gasteiger partial charge in [-0.15, -0.1) is 0 Å². The van der Waals surface area contributed by atoms with Crippen molar-refractivity contribution in [3.63, 3.8) is 0 Å². The molecular formula is C12H24N2. The molecule has 0 aromatic rings. The second-order valence-electron chi connectivity index (χ2n) is 4.68. The summed E-state index contributed by atoms with van der Waals surface area (Å²) in [5, 5.41) is 7.02. The fourth-order valence-corrected chi connectivity index (χ4v) is 1.69. The van der Waals surface area contributed by atoms with Crippen LogP contribution in [0.3, 0.4) is 0 Å². The Kier molecular flexibility index (Phi) is 5.20. The zero-order chi connectivity index (χ0) is 10.4. The van der Waals surface area contributed by atoms with E-state index in [2.05, 4.69) is 43.6 Å². The molecule has 0 aliphatic heterocycles. The van der Waals surface area contributed by atoms with E-state index in [1.54, 1.807) is 0 Å². The number of allylic oxidation sites excluding steroid dienone is 2. The number of rotatable bonds is 6. The van der Waals surface area contributed by atoms with Gasteiger partial charge >= 0.3 is 0 Å². The van der Waals surface area contributed by atoms with Crippen LogP contribution in [-0.2, 0) is 0 Å². The SMILES string of the molecule is CC(C)NCC(C)NCC1CC=CC1. The maximum absolute atomic E-state index is 3.58. The van der Waals surface area contributed by atoms with E-state index >= 15 is 0 Å². The third-order valence-electron chi connectivity index (χ3n) is 2.69. The summed E-state index contributed by atoms with van der Waals surface area (Å²) in [6.07, 6.45) is 7.11. The second kappa shape index (κ2) is 6.20. The van der Waals surface area contributed by atoms with E-state index in [1.807, 2.05) is 0 Å². The van der Waals surface area contributed by atoms with E-state index < -0.39 is 0 Å². The molecule has 1 atom stereocenters. The molecule has 0 bridgehead atoms. The summed E-state index contributed by atoms with van der Waals surface area (Å²) in [7, 11) is 0. The highest BCUT2D eigenvalue weighted by Gasteiger charge is 2.11. The lowest BCUT2D eigenvalue weighted by Gasteiger charge is -2.18. The molecule has 1 aliphatic rings.